The molecule has 2 N–H and O–H groups in total. The van der Waals surface area contributed by atoms with Crippen LogP contribution in [0, 0.1) is 12.7 Å². The summed E-state index contributed by atoms with van der Waals surface area (Å²) < 4.78 is 20.4. The van der Waals surface area contributed by atoms with Gasteiger partial charge in [-0.2, -0.15) is 0 Å². The predicted molar refractivity (Wildman–Crippen MR) is 127 cm³/mol. The van der Waals surface area contributed by atoms with E-state index in [-0.39, 0.29) is 30.8 Å². The minimum atomic E-state index is -0.374. The third-order valence-electron chi connectivity index (χ3n) is 5.46. The monoisotopic (exact) mass is 461 g/mol. The molecule has 0 atom stereocenters. The highest BCUT2D eigenvalue weighted by atomic mass is 19.1. The van der Waals surface area contributed by atoms with E-state index in [1.54, 1.807) is 30.6 Å². The molecule has 0 spiro atoms. The van der Waals surface area contributed by atoms with Gasteiger partial charge in [-0.3, -0.25) is 14.6 Å². The zero-order chi connectivity index (χ0) is 24.2. The number of carbonyl (C=O) groups excluding carboxylic acids is 2. The average Bonchev–Trinajstić information content (AvgIpc) is 3.16. The van der Waals surface area contributed by atoms with E-state index in [0.29, 0.717) is 33.7 Å². The summed E-state index contributed by atoms with van der Waals surface area (Å²) in [4.78, 5) is 34.1. The lowest BCUT2D eigenvalue weighted by Crippen LogP contribution is -2.24. The molecular weight excluding hydrogens is 437 g/mol. The van der Waals surface area contributed by atoms with E-state index in [0.717, 1.165) is 11.1 Å². The van der Waals surface area contributed by atoms with Crippen molar-refractivity contribution in [2.45, 2.75) is 13.5 Å². The number of carbonyl (C=O) groups is 2. The molecule has 2 amide bonds. The lowest BCUT2D eigenvalue weighted by molar-refractivity contribution is -0.119. The summed E-state index contributed by atoms with van der Waals surface area (Å²) in [5.41, 5.74) is 4.27. The fourth-order valence-corrected chi connectivity index (χ4v) is 3.79. The van der Waals surface area contributed by atoms with E-state index in [9.17, 15) is 14.0 Å². The van der Waals surface area contributed by atoms with Crippen molar-refractivity contribution >= 4 is 28.5 Å². The van der Waals surface area contributed by atoms with E-state index in [1.165, 1.54) is 19.2 Å². The zero-order valence-corrected chi connectivity index (χ0v) is 19.1. The number of hydrogen-bond donors (Lipinski definition) is 2. The normalized spacial score (nSPS) is 10.9. The van der Waals surface area contributed by atoms with E-state index in [2.05, 4.69) is 15.6 Å². The number of fused-ring (bicyclic) bond motifs is 1. The van der Waals surface area contributed by atoms with E-state index >= 15 is 0 Å². The second-order valence-electron chi connectivity index (χ2n) is 7.86. The number of halogens is 1. The molecular formula is C25H24FN5O3. The first-order valence-corrected chi connectivity index (χ1v) is 10.6. The molecule has 2 aromatic heterocycles. The third-order valence-corrected chi connectivity index (χ3v) is 5.46. The van der Waals surface area contributed by atoms with Crippen LogP contribution in [0.15, 0.2) is 54.9 Å². The van der Waals surface area contributed by atoms with Crippen LogP contribution in [-0.4, -0.2) is 40.1 Å². The molecule has 2 heterocycles. The molecule has 174 valence electrons. The maximum absolute atomic E-state index is 13.7. The Hall–Kier alpha value is -4.11. The first kappa shape index (κ1) is 23.1. The Morgan fingerprint density at radius 3 is 2.62 bits per heavy atom. The molecule has 8 nitrogen and oxygen atoms in total. The third kappa shape index (κ3) is 4.79. The van der Waals surface area contributed by atoms with Gasteiger partial charge in [0, 0.05) is 44.3 Å². The highest BCUT2D eigenvalue weighted by Crippen LogP contribution is 2.29. The number of nitrogens with zero attached hydrogens (tertiary/aromatic N) is 3. The zero-order valence-electron chi connectivity index (χ0n) is 19.1. The molecule has 34 heavy (non-hydrogen) atoms. The van der Waals surface area contributed by atoms with Crippen molar-refractivity contribution in [1.29, 1.82) is 0 Å². The molecule has 0 fully saturated rings. The second kappa shape index (κ2) is 9.80. The number of pyridine rings is 1. The SMILES string of the molecule is COCC(=O)Nc1cc(C(=O)NCc2cc(F)ccc2C)c2c(c1)nc(-c1ccncc1)n2C. The lowest BCUT2D eigenvalue weighted by atomic mass is 10.1. The summed E-state index contributed by atoms with van der Waals surface area (Å²) in [6, 6.07) is 11.4. The van der Waals surface area contributed by atoms with Gasteiger partial charge < -0.3 is 19.9 Å². The van der Waals surface area contributed by atoms with E-state index < -0.39 is 0 Å². The molecule has 0 aliphatic rings. The van der Waals surface area contributed by atoms with Crippen LogP contribution in [0.4, 0.5) is 10.1 Å². The van der Waals surface area contributed by atoms with Gasteiger partial charge >= 0.3 is 0 Å². The fraction of sp³-hybridized carbons (Fsp3) is 0.200. The summed E-state index contributed by atoms with van der Waals surface area (Å²) in [5, 5.41) is 5.60. The van der Waals surface area contributed by atoms with Gasteiger partial charge in [-0.05, 0) is 54.4 Å². The Kier molecular flexibility index (Phi) is 6.65. The topological polar surface area (TPSA) is 98.1 Å². The number of imidazole rings is 1. The van der Waals surface area contributed by atoms with Crippen molar-refractivity contribution in [1.82, 2.24) is 19.9 Å². The first-order valence-electron chi connectivity index (χ1n) is 10.6. The molecule has 4 rings (SSSR count). The van der Waals surface area contributed by atoms with Gasteiger partial charge in [-0.25, -0.2) is 9.37 Å². The Morgan fingerprint density at radius 2 is 1.88 bits per heavy atom. The molecule has 0 aliphatic carbocycles. The van der Waals surface area contributed by atoms with Crippen LogP contribution < -0.4 is 10.6 Å². The van der Waals surface area contributed by atoms with Crippen molar-refractivity contribution < 1.29 is 18.7 Å². The smallest absolute Gasteiger partial charge is 0.253 e. The Labute approximate surface area is 195 Å². The van der Waals surface area contributed by atoms with Gasteiger partial charge in [-0.1, -0.05) is 6.07 Å². The number of nitrogens with one attached hydrogen (secondary N) is 2. The van der Waals surface area contributed by atoms with Crippen molar-refractivity contribution in [3.8, 4) is 11.4 Å². The number of amides is 2. The molecule has 9 heteroatoms. The lowest BCUT2D eigenvalue weighted by Gasteiger charge is -2.12. The number of rotatable bonds is 7. The van der Waals surface area contributed by atoms with Crippen molar-refractivity contribution in [2.24, 2.45) is 7.05 Å². The average molecular weight is 461 g/mol. The quantitative estimate of drug-likeness (QED) is 0.438. The minimum absolute atomic E-state index is 0.122. The number of aryl methyl sites for hydroxylation is 2. The fourth-order valence-electron chi connectivity index (χ4n) is 3.79. The summed E-state index contributed by atoms with van der Waals surface area (Å²) in [5.74, 6) is -0.448. The van der Waals surface area contributed by atoms with Gasteiger partial charge in [-0.15, -0.1) is 0 Å². The maximum atomic E-state index is 13.7. The van der Waals surface area contributed by atoms with Crippen LogP contribution in [0.5, 0.6) is 0 Å². The molecule has 2 aromatic carbocycles. The predicted octanol–water partition coefficient (Wildman–Crippen LogP) is 3.60. The molecule has 0 saturated carbocycles. The Bertz CT molecular complexity index is 1370. The van der Waals surface area contributed by atoms with Crippen LogP contribution in [0.25, 0.3) is 22.4 Å². The van der Waals surface area contributed by atoms with Crippen molar-refractivity contribution in [3.63, 3.8) is 0 Å². The standard InChI is InChI=1S/C25H24FN5O3/c1-15-4-5-18(26)10-17(15)13-28-25(33)20-11-19(29-22(32)14-34-3)12-21-23(20)31(2)24(30-21)16-6-8-27-9-7-16/h4-12H,13-14H2,1-3H3,(H,28,33)(H,29,32). The van der Waals surface area contributed by atoms with Crippen LogP contribution >= 0.6 is 0 Å². The van der Waals surface area contributed by atoms with Gasteiger partial charge in [0.2, 0.25) is 5.91 Å². The van der Waals surface area contributed by atoms with Crippen LogP contribution in [0.2, 0.25) is 0 Å². The van der Waals surface area contributed by atoms with Crippen LogP contribution in [0.1, 0.15) is 21.5 Å². The maximum Gasteiger partial charge on any atom is 0.253 e. The van der Waals surface area contributed by atoms with Gasteiger partial charge in [0.1, 0.15) is 18.2 Å². The molecule has 0 radical (unpaired) electrons. The largest absolute Gasteiger partial charge is 0.375 e. The Morgan fingerprint density at radius 1 is 1.12 bits per heavy atom. The first-order chi connectivity index (χ1) is 16.4. The second-order valence-corrected chi connectivity index (χ2v) is 7.86. The molecule has 0 aliphatic heterocycles. The minimum Gasteiger partial charge on any atom is -0.375 e. The Balaban J connectivity index is 1.75. The molecule has 4 aromatic rings. The van der Waals surface area contributed by atoms with E-state index in [4.69, 9.17) is 9.72 Å². The number of ether oxygens (including phenoxy) is 1. The number of anilines is 1. The number of methoxy groups -OCH3 is 1. The number of aromatic nitrogens is 3. The van der Waals surface area contributed by atoms with Crippen LogP contribution in [-0.2, 0) is 23.1 Å². The van der Waals surface area contributed by atoms with E-state index in [1.807, 2.05) is 30.7 Å². The van der Waals surface area contributed by atoms with Gasteiger partial charge in [0.05, 0.1) is 16.6 Å². The number of hydrogen-bond acceptors (Lipinski definition) is 5. The summed E-state index contributed by atoms with van der Waals surface area (Å²) in [7, 11) is 3.25. The van der Waals surface area contributed by atoms with Crippen LogP contribution in [0.3, 0.4) is 0 Å². The van der Waals surface area contributed by atoms with Gasteiger partial charge in [0.25, 0.3) is 5.91 Å². The van der Waals surface area contributed by atoms with Gasteiger partial charge in [0.15, 0.2) is 0 Å². The summed E-state index contributed by atoms with van der Waals surface area (Å²) >= 11 is 0. The molecule has 0 unspecified atom stereocenters. The summed E-state index contributed by atoms with van der Waals surface area (Å²) in [6.45, 7) is 1.88. The highest BCUT2D eigenvalue weighted by Gasteiger charge is 2.20. The number of benzene rings is 2. The highest BCUT2D eigenvalue weighted by molar-refractivity contribution is 6.08. The molecule has 0 saturated heterocycles. The summed E-state index contributed by atoms with van der Waals surface area (Å²) in [6.07, 6.45) is 3.33. The molecule has 0 bridgehead atoms. The van der Waals surface area contributed by atoms with Crippen molar-refractivity contribution in [3.05, 3.63) is 77.4 Å². The van der Waals surface area contributed by atoms with Crippen molar-refractivity contribution in [2.75, 3.05) is 19.0 Å².